The third kappa shape index (κ3) is 3.01. The maximum absolute atomic E-state index is 12.9. The van der Waals surface area contributed by atoms with Gasteiger partial charge in [0.1, 0.15) is 12.7 Å². The van der Waals surface area contributed by atoms with E-state index >= 15 is 0 Å². The Bertz CT molecular complexity index is 916. The molecule has 1 atom stereocenters. The maximum atomic E-state index is 12.9. The highest BCUT2D eigenvalue weighted by molar-refractivity contribution is 5.94. The number of nitrogens with zero attached hydrogens (tertiary/aromatic N) is 4. The number of benzene rings is 2. The van der Waals surface area contributed by atoms with Crippen LogP contribution >= 0.6 is 0 Å². The van der Waals surface area contributed by atoms with Crippen molar-refractivity contribution in [2.75, 3.05) is 7.05 Å². The fraction of sp³-hybridized carbons (Fsp3) is 0.286. The standard InChI is InChI=1S/C21H22N4O/c1-15(16-8-10-20(11-9-16)25-14-22-13-23-25)24(2)21(26)19-7-6-17-4-3-5-18(17)12-19/h6-15H,3-5H2,1-2H3/t15-/m1/s1. The Morgan fingerprint density at radius 3 is 2.62 bits per heavy atom. The molecule has 0 aliphatic heterocycles. The average Bonchev–Trinajstić information content (AvgIpc) is 3.37. The van der Waals surface area contributed by atoms with Gasteiger partial charge in [0.25, 0.3) is 5.91 Å². The molecule has 1 amide bonds. The van der Waals surface area contributed by atoms with Gasteiger partial charge in [-0.25, -0.2) is 9.67 Å². The lowest BCUT2D eigenvalue weighted by Gasteiger charge is -2.26. The normalized spacial score (nSPS) is 14.1. The summed E-state index contributed by atoms with van der Waals surface area (Å²) in [5.74, 6) is 0.0625. The van der Waals surface area contributed by atoms with Crippen LogP contribution in [0.15, 0.2) is 55.1 Å². The third-order valence-electron chi connectivity index (χ3n) is 5.31. The molecule has 1 heterocycles. The third-order valence-corrected chi connectivity index (χ3v) is 5.31. The monoisotopic (exact) mass is 346 g/mol. The van der Waals surface area contributed by atoms with Gasteiger partial charge in [0.05, 0.1) is 11.7 Å². The number of carbonyl (C=O) groups excluding carboxylic acids is 1. The zero-order chi connectivity index (χ0) is 18.1. The number of carbonyl (C=O) groups is 1. The van der Waals surface area contributed by atoms with Crippen molar-refractivity contribution in [3.05, 3.63) is 77.4 Å². The predicted molar refractivity (Wildman–Crippen MR) is 100 cm³/mol. The van der Waals surface area contributed by atoms with E-state index in [9.17, 15) is 4.79 Å². The molecule has 1 aliphatic rings. The van der Waals surface area contributed by atoms with E-state index in [0.29, 0.717) is 0 Å². The van der Waals surface area contributed by atoms with Gasteiger partial charge < -0.3 is 4.90 Å². The molecule has 0 saturated carbocycles. The fourth-order valence-electron chi connectivity index (χ4n) is 3.56. The van der Waals surface area contributed by atoms with Crippen molar-refractivity contribution in [3.8, 4) is 5.69 Å². The van der Waals surface area contributed by atoms with E-state index in [0.717, 1.165) is 29.7 Å². The van der Waals surface area contributed by atoms with Crippen LogP contribution in [0.4, 0.5) is 0 Å². The number of hydrogen-bond acceptors (Lipinski definition) is 3. The number of aromatic nitrogens is 3. The molecule has 0 unspecified atom stereocenters. The molecule has 1 aromatic heterocycles. The zero-order valence-corrected chi connectivity index (χ0v) is 15.1. The van der Waals surface area contributed by atoms with Crippen LogP contribution in [0.2, 0.25) is 0 Å². The summed E-state index contributed by atoms with van der Waals surface area (Å²) in [7, 11) is 1.87. The van der Waals surface area contributed by atoms with Crippen LogP contribution in [-0.4, -0.2) is 32.6 Å². The Labute approximate surface area is 153 Å². The molecule has 0 radical (unpaired) electrons. The minimum atomic E-state index is -0.0134. The van der Waals surface area contributed by atoms with Crippen molar-refractivity contribution in [3.63, 3.8) is 0 Å². The van der Waals surface area contributed by atoms with Gasteiger partial charge in [0.2, 0.25) is 0 Å². The van der Waals surface area contributed by atoms with Gasteiger partial charge >= 0.3 is 0 Å². The molecule has 0 bridgehead atoms. The molecular weight excluding hydrogens is 324 g/mol. The van der Waals surface area contributed by atoms with E-state index in [2.05, 4.69) is 29.1 Å². The van der Waals surface area contributed by atoms with Crippen molar-refractivity contribution >= 4 is 5.91 Å². The Hall–Kier alpha value is -2.95. The van der Waals surface area contributed by atoms with Crippen LogP contribution < -0.4 is 0 Å². The molecule has 0 spiro atoms. The Morgan fingerprint density at radius 2 is 1.88 bits per heavy atom. The van der Waals surface area contributed by atoms with E-state index in [4.69, 9.17) is 0 Å². The molecule has 2 aromatic carbocycles. The number of amides is 1. The van der Waals surface area contributed by atoms with Crippen molar-refractivity contribution in [2.45, 2.75) is 32.2 Å². The van der Waals surface area contributed by atoms with E-state index in [1.54, 1.807) is 15.9 Å². The zero-order valence-electron chi connectivity index (χ0n) is 15.1. The Kier molecular flexibility index (Phi) is 4.29. The highest BCUT2D eigenvalue weighted by Gasteiger charge is 2.21. The number of rotatable bonds is 4. The van der Waals surface area contributed by atoms with Gasteiger partial charge in [-0.3, -0.25) is 4.79 Å². The molecular formula is C21H22N4O. The number of fused-ring (bicyclic) bond motifs is 1. The van der Waals surface area contributed by atoms with E-state index in [-0.39, 0.29) is 11.9 Å². The molecule has 0 N–H and O–H groups in total. The number of hydrogen-bond donors (Lipinski definition) is 0. The maximum Gasteiger partial charge on any atom is 0.254 e. The average molecular weight is 346 g/mol. The summed E-state index contributed by atoms with van der Waals surface area (Å²) in [6.07, 6.45) is 6.59. The van der Waals surface area contributed by atoms with Crippen LogP contribution in [0.3, 0.4) is 0 Å². The van der Waals surface area contributed by atoms with Gasteiger partial charge in [0.15, 0.2) is 0 Å². The minimum Gasteiger partial charge on any atom is -0.335 e. The number of aryl methyl sites for hydroxylation is 2. The molecule has 1 aliphatic carbocycles. The highest BCUT2D eigenvalue weighted by atomic mass is 16.2. The first kappa shape index (κ1) is 16.5. The van der Waals surface area contributed by atoms with Crippen molar-refractivity contribution in [1.82, 2.24) is 19.7 Å². The lowest BCUT2D eigenvalue weighted by Crippen LogP contribution is -2.29. The predicted octanol–water partition coefficient (Wildman–Crippen LogP) is 3.59. The topological polar surface area (TPSA) is 51.0 Å². The Morgan fingerprint density at radius 1 is 1.12 bits per heavy atom. The van der Waals surface area contributed by atoms with Gasteiger partial charge in [-0.05, 0) is 67.1 Å². The first-order valence-corrected chi connectivity index (χ1v) is 8.97. The quantitative estimate of drug-likeness (QED) is 0.725. The van der Waals surface area contributed by atoms with Crippen LogP contribution in [0, 0.1) is 0 Å². The smallest absolute Gasteiger partial charge is 0.254 e. The first-order valence-electron chi connectivity index (χ1n) is 8.97. The summed E-state index contributed by atoms with van der Waals surface area (Å²) in [4.78, 5) is 18.7. The lowest BCUT2D eigenvalue weighted by molar-refractivity contribution is 0.0742. The van der Waals surface area contributed by atoms with E-state index in [1.165, 1.54) is 23.9 Å². The molecule has 26 heavy (non-hydrogen) atoms. The van der Waals surface area contributed by atoms with Gasteiger partial charge in [-0.2, -0.15) is 5.10 Å². The van der Waals surface area contributed by atoms with Gasteiger partial charge in [-0.15, -0.1) is 0 Å². The van der Waals surface area contributed by atoms with E-state index in [1.807, 2.05) is 37.4 Å². The molecule has 3 aromatic rings. The van der Waals surface area contributed by atoms with Crippen LogP contribution in [0.1, 0.15) is 46.4 Å². The van der Waals surface area contributed by atoms with Crippen molar-refractivity contribution < 1.29 is 4.79 Å². The summed E-state index contributed by atoms with van der Waals surface area (Å²) in [5, 5.41) is 4.13. The fourth-order valence-corrected chi connectivity index (χ4v) is 3.56. The molecule has 0 saturated heterocycles. The molecule has 5 nitrogen and oxygen atoms in total. The minimum absolute atomic E-state index is 0.0134. The molecule has 5 heteroatoms. The SMILES string of the molecule is C[C@H](c1ccc(-n2cncn2)cc1)N(C)C(=O)c1ccc2c(c1)CCC2. The summed E-state index contributed by atoms with van der Waals surface area (Å²) in [6, 6.07) is 14.2. The van der Waals surface area contributed by atoms with Crippen LogP contribution in [0.25, 0.3) is 5.69 Å². The lowest BCUT2D eigenvalue weighted by atomic mass is 10.0. The second-order valence-corrected chi connectivity index (χ2v) is 6.86. The largest absolute Gasteiger partial charge is 0.335 e. The van der Waals surface area contributed by atoms with Crippen LogP contribution in [-0.2, 0) is 12.8 Å². The van der Waals surface area contributed by atoms with Crippen molar-refractivity contribution in [1.29, 1.82) is 0 Å². The molecule has 0 fully saturated rings. The van der Waals surface area contributed by atoms with Crippen molar-refractivity contribution in [2.24, 2.45) is 0 Å². The summed E-state index contributed by atoms with van der Waals surface area (Å²) in [6.45, 7) is 2.05. The summed E-state index contributed by atoms with van der Waals surface area (Å²) < 4.78 is 1.72. The van der Waals surface area contributed by atoms with Gasteiger partial charge in [0, 0.05) is 12.6 Å². The highest BCUT2D eigenvalue weighted by Crippen LogP contribution is 2.26. The van der Waals surface area contributed by atoms with Gasteiger partial charge in [-0.1, -0.05) is 18.2 Å². The second kappa shape index (κ2) is 6.75. The molecule has 132 valence electrons. The van der Waals surface area contributed by atoms with Crippen LogP contribution in [0.5, 0.6) is 0 Å². The second-order valence-electron chi connectivity index (χ2n) is 6.86. The first-order chi connectivity index (χ1) is 12.6. The summed E-state index contributed by atoms with van der Waals surface area (Å²) >= 11 is 0. The molecule has 4 rings (SSSR count). The van der Waals surface area contributed by atoms with E-state index < -0.39 is 0 Å². The Balaban J connectivity index is 1.52. The summed E-state index contributed by atoms with van der Waals surface area (Å²) in [5.41, 5.74) is 5.53.